The molecule has 2 aliphatic heterocycles. The zero-order chi connectivity index (χ0) is 4.69. The third-order valence-electron chi connectivity index (χ3n) is 1.87. The number of hydrogen-bond donors (Lipinski definition) is 1. The Morgan fingerprint density at radius 2 is 2.57 bits per heavy atom. The van der Waals surface area contributed by atoms with Crippen molar-refractivity contribution in [3.05, 3.63) is 0 Å². The summed E-state index contributed by atoms with van der Waals surface area (Å²) in [4.78, 5) is 0. The van der Waals surface area contributed by atoms with Crippen LogP contribution in [-0.2, 0) is 0 Å². The topological polar surface area (TPSA) is 12.0 Å². The molecule has 3 unspecified atom stereocenters. The lowest BCUT2D eigenvalue weighted by Gasteiger charge is -2.08. The highest BCUT2D eigenvalue weighted by Crippen LogP contribution is 2.36. The van der Waals surface area contributed by atoms with Crippen LogP contribution in [0, 0.1) is 0 Å². The van der Waals surface area contributed by atoms with Gasteiger partial charge >= 0.3 is 0 Å². The number of hydrogen-bond acceptors (Lipinski definition) is 1. The van der Waals surface area contributed by atoms with Gasteiger partial charge in [-0.05, 0) is 18.2 Å². The summed E-state index contributed by atoms with van der Waals surface area (Å²) in [7, 11) is 1.29. The molecule has 2 fully saturated rings. The average Bonchev–Trinajstić information content (AvgIpc) is 2.22. The molecule has 2 rings (SSSR count). The Morgan fingerprint density at radius 3 is 2.71 bits per heavy atom. The maximum Gasteiger partial charge on any atom is 0.0111 e. The van der Waals surface area contributed by atoms with Crippen molar-refractivity contribution in [2.45, 2.75) is 18.1 Å². The summed E-state index contributed by atoms with van der Waals surface area (Å²) in [5, 5.41) is 3.46. The molecule has 0 aromatic rings. The Morgan fingerprint density at radius 1 is 1.57 bits per heavy atom. The van der Waals surface area contributed by atoms with Crippen LogP contribution in [0.4, 0.5) is 0 Å². The average molecular weight is 115 g/mol. The monoisotopic (exact) mass is 115 g/mol. The lowest BCUT2D eigenvalue weighted by Crippen LogP contribution is -2.25. The van der Waals surface area contributed by atoms with Crippen molar-refractivity contribution < 1.29 is 0 Å². The number of nitrogens with one attached hydrogen (secondary N) is 1. The molecule has 0 aromatic heterocycles. The standard InChI is InChI=1S/C5H10NP/c1-4-3-7-5(1)2-6-4/h4-7H,1-3H2. The molecule has 0 aliphatic carbocycles. The van der Waals surface area contributed by atoms with Crippen LogP contribution in [-0.4, -0.2) is 24.4 Å². The molecule has 0 amide bonds. The molecule has 2 bridgehead atoms. The summed E-state index contributed by atoms with van der Waals surface area (Å²) in [6.45, 7) is 1.32. The van der Waals surface area contributed by atoms with Crippen LogP contribution < -0.4 is 5.32 Å². The molecule has 40 valence electrons. The van der Waals surface area contributed by atoms with E-state index in [1.54, 1.807) is 0 Å². The lowest BCUT2D eigenvalue weighted by molar-refractivity contribution is 0.677. The summed E-state index contributed by atoms with van der Waals surface area (Å²) in [6, 6.07) is 0.934. The second-order valence-electron chi connectivity index (χ2n) is 2.45. The van der Waals surface area contributed by atoms with Crippen molar-refractivity contribution in [2.75, 3.05) is 12.7 Å². The van der Waals surface area contributed by atoms with Gasteiger partial charge in [0.2, 0.25) is 0 Å². The van der Waals surface area contributed by atoms with E-state index in [4.69, 9.17) is 0 Å². The van der Waals surface area contributed by atoms with Gasteiger partial charge < -0.3 is 5.32 Å². The normalized spacial score (nSPS) is 51.4. The molecular weight excluding hydrogens is 105 g/mol. The highest BCUT2D eigenvalue weighted by molar-refractivity contribution is 7.39. The molecule has 0 radical (unpaired) electrons. The molecule has 3 atom stereocenters. The van der Waals surface area contributed by atoms with E-state index in [9.17, 15) is 0 Å². The Bertz CT molecular complexity index is 66.1. The van der Waals surface area contributed by atoms with Gasteiger partial charge in [0, 0.05) is 12.6 Å². The molecular formula is C5H10NP. The minimum atomic E-state index is 0.934. The maximum absolute atomic E-state index is 3.46. The minimum Gasteiger partial charge on any atom is -0.313 e. The molecule has 2 saturated heterocycles. The Labute approximate surface area is 45.7 Å². The lowest BCUT2D eigenvalue weighted by atomic mass is 10.3. The van der Waals surface area contributed by atoms with E-state index in [-0.39, 0.29) is 0 Å². The van der Waals surface area contributed by atoms with Crippen molar-refractivity contribution in [1.82, 2.24) is 5.32 Å². The van der Waals surface area contributed by atoms with Crippen LogP contribution in [0.1, 0.15) is 6.42 Å². The first-order chi connectivity index (χ1) is 3.45. The second kappa shape index (κ2) is 1.43. The summed E-state index contributed by atoms with van der Waals surface area (Å²) in [5.74, 6) is 0. The van der Waals surface area contributed by atoms with Gasteiger partial charge in [-0.15, -0.1) is 8.58 Å². The van der Waals surface area contributed by atoms with E-state index >= 15 is 0 Å². The highest BCUT2D eigenvalue weighted by Gasteiger charge is 2.30. The van der Waals surface area contributed by atoms with E-state index in [0.29, 0.717) is 0 Å². The van der Waals surface area contributed by atoms with Gasteiger partial charge in [0.15, 0.2) is 0 Å². The number of fused-ring (bicyclic) bond motifs is 2. The fourth-order valence-electron chi connectivity index (χ4n) is 1.44. The van der Waals surface area contributed by atoms with Gasteiger partial charge in [0.1, 0.15) is 0 Å². The SMILES string of the molecule is C1PC2CNC1C2. The van der Waals surface area contributed by atoms with Crippen LogP contribution in [0.3, 0.4) is 0 Å². The van der Waals surface area contributed by atoms with Crippen molar-refractivity contribution in [2.24, 2.45) is 0 Å². The number of rotatable bonds is 0. The fraction of sp³-hybridized carbons (Fsp3) is 1.00. The van der Waals surface area contributed by atoms with Crippen molar-refractivity contribution in [3.8, 4) is 0 Å². The van der Waals surface area contributed by atoms with Gasteiger partial charge in [-0.3, -0.25) is 0 Å². The molecule has 7 heavy (non-hydrogen) atoms. The molecule has 2 heteroatoms. The quantitative estimate of drug-likeness (QED) is 0.451. The first kappa shape index (κ1) is 4.29. The molecule has 2 aliphatic rings. The largest absolute Gasteiger partial charge is 0.313 e. The molecule has 0 saturated carbocycles. The van der Waals surface area contributed by atoms with E-state index < -0.39 is 0 Å². The van der Waals surface area contributed by atoms with E-state index in [0.717, 1.165) is 11.7 Å². The first-order valence-corrected chi connectivity index (χ1v) is 4.20. The summed E-state index contributed by atoms with van der Waals surface area (Å²) in [6.07, 6.45) is 2.96. The van der Waals surface area contributed by atoms with Gasteiger partial charge in [0.05, 0.1) is 0 Å². The van der Waals surface area contributed by atoms with Crippen molar-refractivity contribution in [3.63, 3.8) is 0 Å². The third kappa shape index (κ3) is 0.595. The van der Waals surface area contributed by atoms with Gasteiger partial charge in [-0.25, -0.2) is 0 Å². The van der Waals surface area contributed by atoms with E-state index in [1.165, 1.54) is 27.7 Å². The summed E-state index contributed by atoms with van der Waals surface area (Å²) < 4.78 is 0. The van der Waals surface area contributed by atoms with Crippen LogP contribution in [0.5, 0.6) is 0 Å². The van der Waals surface area contributed by atoms with Crippen molar-refractivity contribution >= 4 is 8.58 Å². The predicted molar refractivity (Wildman–Crippen MR) is 33.4 cm³/mol. The zero-order valence-electron chi connectivity index (χ0n) is 4.28. The van der Waals surface area contributed by atoms with Gasteiger partial charge in [0.25, 0.3) is 0 Å². The minimum absolute atomic E-state index is 0.934. The van der Waals surface area contributed by atoms with Crippen molar-refractivity contribution in [1.29, 1.82) is 0 Å². The highest BCUT2D eigenvalue weighted by atomic mass is 31.1. The van der Waals surface area contributed by atoms with E-state index in [2.05, 4.69) is 5.32 Å². The van der Waals surface area contributed by atoms with Crippen LogP contribution >= 0.6 is 8.58 Å². The summed E-state index contributed by atoms with van der Waals surface area (Å²) in [5.41, 5.74) is 1.09. The molecule has 1 nitrogen and oxygen atoms in total. The first-order valence-electron chi connectivity index (χ1n) is 2.92. The third-order valence-corrected chi connectivity index (χ3v) is 3.62. The van der Waals surface area contributed by atoms with Gasteiger partial charge in [-0.2, -0.15) is 0 Å². The van der Waals surface area contributed by atoms with Crippen LogP contribution in [0.25, 0.3) is 0 Å². The fourth-order valence-corrected chi connectivity index (χ4v) is 3.08. The molecule has 1 N–H and O–H groups in total. The predicted octanol–water partition coefficient (Wildman–Crippen LogP) is 0.409. The van der Waals surface area contributed by atoms with Crippen LogP contribution in [0.2, 0.25) is 0 Å². The van der Waals surface area contributed by atoms with E-state index in [1.807, 2.05) is 0 Å². The Hall–Kier alpha value is 0.390. The Balaban J connectivity index is 2.12. The maximum atomic E-state index is 3.46. The molecule has 0 spiro atoms. The zero-order valence-corrected chi connectivity index (χ0v) is 5.28. The summed E-state index contributed by atoms with van der Waals surface area (Å²) >= 11 is 0. The molecule has 2 heterocycles. The smallest absolute Gasteiger partial charge is 0.0111 e. The van der Waals surface area contributed by atoms with Crippen LogP contribution in [0.15, 0.2) is 0 Å². The Kier molecular flexibility index (Phi) is 0.876. The van der Waals surface area contributed by atoms with Gasteiger partial charge in [-0.1, -0.05) is 0 Å². The molecule has 0 aromatic carbocycles. The second-order valence-corrected chi connectivity index (χ2v) is 4.08.